The summed E-state index contributed by atoms with van der Waals surface area (Å²) in [7, 11) is 1.39. The third kappa shape index (κ3) is 11.7. The first kappa shape index (κ1) is 42.3. The van der Waals surface area contributed by atoms with Crippen LogP contribution in [0.25, 0.3) is 0 Å². The van der Waals surface area contributed by atoms with Crippen LogP contribution in [0.2, 0.25) is 0 Å². The van der Waals surface area contributed by atoms with Gasteiger partial charge in [-0.15, -0.1) is 0 Å². The first-order chi connectivity index (χ1) is 23.3. The van der Waals surface area contributed by atoms with E-state index >= 15 is 0 Å². The van der Waals surface area contributed by atoms with Crippen LogP contribution >= 0.6 is 0 Å². The van der Waals surface area contributed by atoms with Crippen LogP contribution in [0.4, 0.5) is 0 Å². The summed E-state index contributed by atoms with van der Waals surface area (Å²) in [6.45, 7) is 4.32. The van der Waals surface area contributed by atoms with Gasteiger partial charge >= 0.3 is 5.97 Å². The maximum absolute atomic E-state index is 11.3. The molecule has 16 heteroatoms. The van der Waals surface area contributed by atoms with Crippen LogP contribution in [-0.4, -0.2) is 159 Å². The summed E-state index contributed by atoms with van der Waals surface area (Å²) < 4.78 is 40.2. The van der Waals surface area contributed by atoms with E-state index in [4.69, 9.17) is 28.4 Å². The van der Waals surface area contributed by atoms with E-state index in [0.717, 1.165) is 51.4 Å². The summed E-state index contributed by atoms with van der Waals surface area (Å²) in [6, 6.07) is 0. The first-order valence-corrected chi connectivity index (χ1v) is 17.7. The number of hydrogen-bond donors (Lipinski definition) is 8. The number of aliphatic hydroxyl groups excluding tert-OH is 8. The standard InChI is InChI=1S/C33H60O16/c1-5-13-19(14-11-9-7-6-8-10-12-15-21(35)43-4)46-32-29(26(40)23(37)18(3)45-32)49-33-30(27(41)24(38)20(16-34)47-33)48-31-28(42)25(39)22(36)17(2)44-31/h17-20,22-34,36-42H,5-16H2,1-4H3/t17-,18+,19-,20+,22-,23+,24+,25+,26-,27-,28+,29+,30+,31-,32-,33-/m0/s1. The third-order valence-corrected chi connectivity index (χ3v) is 9.57. The lowest BCUT2D eigenvalue weighted by atomic mass is 9.96. The van der Waals surface area contributed by atoms with Gasteiger partial charge in [0.05, 0.1) is 32.0 Å². The van der Waals surface area contributed by atoms with Gasteiger partial charge in [-0.1, -0.05) is 51.9 Å². The molecule has 8 N–H and O–H groups in total. The zero-order valence-corrected chi connectivity index (χ0v) is 29.1. The maximum atomic E-state index is 11.3. The minimum atomic E-state index is -1.77. The average Bonchev–Trinajstić information content (AvgIpc) is 3.08. The Balaban J connectivity index is 1.68. The maximum Gasteiger partial charge on any atom is 0.305 e. The van der Waals surface area contributed by atoms with E-state index in [1.807, 2.05) is 6.92 Å². The SMILES string of the molecule is CCC[C@@H](CCCCCCCCCC(=O)OC)O[C@@H]1O[C@H](C)[C@@H](O)[C@H](O)[C@H]1O[C@@H]1O[C@H](CO)[C@@H](O)[C@H](O)[C@H]1O[C@@H]1O[C@@H](C)[C@H](O)[C@@H](O)[C@H]1O. The predicted octanol–water partition coefficient (Wildman–Crippen LogP) is -0.641. The van der Waals surface area contributed by atoms with Crippen LogP contribution < -0.4 is 0 Å². The molecule has 3 fully saturated rings. The quantitative estimate of drug-likeness (QED) is 0.0613. The number of unbranched alkanes of at least 4 members (excludes halogenated alkanes) is 6. The molecule has 0 amide bonds. The topological polar surface area (TPSA) is 244 Å². The zero-order chi connectivity index (χ0) is 36.2. The first-order valence-electron chi connectivity index (χ1n) is 17.7. The van der Waals surface area contributed by atoms with Gasteiger partial charge in [0.25, 0.3) is 0 Å². The second-order valence-electron chi connectivity index (χ2n) is 13.4. The van der Waals surface area contributed by atoms with Crippen LogP contribution in [0.15, 0.2) is 0 Å². The molecule has 16 nitrogen and oxygen atoms in total. The van der Waals surface area contributed by atoms with Crippen molar-refractivity contribution in [2.24, 2.45) is 0 Å². The monoisotopic (exact) mass is 712 g/mol. The fourth-order valence-corrected chi connectivity index (χ4v) is 6.42. The molecule has 0 bridgehead atoms. The van der Waals surface area contributed by atoms with Crippen molar-refractivity contribution in [3.63, 3.8) is 0 Å². The molecule has 0 aliphatic carbocycles. The van der Waals surface area contributed by atoms with Crippen molar-refractivity contribution >= 4 is 5.97 Å². The Morgan fingerprint density at radius 3 is 1.78 bits per heavy atom. The van der Waals surface area contributed by atoms with Crippen LogP contribution in [0.3, 0.4) is 0 Å². The molecule has 0 saturated carbocycles. The summed E-state index contributed by atoms with van der Waals surface area (Å²) in [5.74, 6) is -0.191. The van der Waals surface area contributed by atoms with Crippen molar-refractivity contribution in [2.75, 3.05) is 13.7 Å². The highest BCUT2D eigenvalue weighted by Crippen LogP contribution is 2.34. The van der Waals surface area contributed by atoms with Crippen molar-refractivity contribution in [1.82, 2.24) is 0 Å². The van der Waals surface area contributed by atoms with Crippen LogP contribution in [0.5, 0.6) is 0 Å². The minimum Gasteiger partial charge on any atom is -0.469 e. The van der Waals surface area contributed by atoms with Gasteiger partial charge in [0, 0.05) is 6.42 Å². The van der Waals surface area contributed by atoms with Gasteiger partial charge < -0.3 is 74.0 Å². The summed E-state index contributed by atoms with van der Waals surface area (Å²) >= 11 is 0. The lowest BCUT2D eigenvalue weighted by Gasteiger charge is -2.48. The molecule has 3 rings (SSSR count). The van der Waals surface area contributed by atoms with Crippen molar-refractivity contribution < 1.29 is 78.8 Å². The lowest BCUT2D eigenvalue weighted by Crippen LogP contribution is -2.66. The zero-order valence-electron chi connectivity index (χ0n) is 29.1. The molecular formula is C33H60O16. The molecule has 3 heterocycles. The minimum absolute atomic E-state index is 0.191. The van der Waals surface area contributed by atoms with Crippen LogP contribution in [0, 0.1) is 0 Å². The Hall–Kier alpha value is -1.09. The van der Waals surface area contributed by atoms with Gasteiger partial charge in [0.15, 0.2) is 18.9 Å². The summed E-state index contributed by atoms with van der Waals surface area (Å²) in [5, 5.41) is 84.3. The number of esters is 1. The number of methoxy groups -OCH3 is 1. The fraction of sp³-hybridized carbons (Fsp3) is 0.970. The number of aliphatic hydroxyl groups is 8. The summed E-state index contributed by atoms with van der Waals surface area (Å²) in [5.41, 5.74) is 0. The largest absolute Gasteiger partial charge is 0.469 e. The van der Waals surface area contributed by atoms with E-state index in [-0.39, 0.29) is 12.1 Å². The van der Waals surface area contributed by atoms with Crippen LogP contribution in [0.1, 0.15) is 91.4 Å². The second-order valence-corrected chi connectivity index (χ2v) is 13.4. The van der Waals surface area contributed by atoms with E-state index in [1.54, 1.807) is 6.92 Å². The Morgan fingerprint density at radius 2 is 1.16 bits per heavy atom. The molecular weight excluding hydrogens is 652 g/mol. The average molecular weight is 713 g/mol. The van der Waals surface area contributed by atoms with E-state index in [2.05, 4.69) is 4.74 Å². The van der Waals surface area contributed by atoms with Crippen molar-refractivity contribution in [2.45, 2.75) is 190 Å². The normalized spacial score (nSPS) is 40.6. The molecule has 0 aromatic heterocycles. The highest BCUT2D eigenvalue weighted by atomic mass is 16.8. The second kappa shape index (κ2) is 20.8. The van der Waals surface area contributed by atoms with E-state index < -0.39 is 98.7 Å². The number of hydrogen-bond acceptors (Lipinski definition) is 16. The molecule has 3 aliphatic rings. The van der Waals surface area contributed by atoms with Crippen LogP contribution in [-0.2, 0) is 38.0 Å². The van der Waals surface area contributed by atoms with E-state index in [0.29, 0.717) is 19.3 Å². The smallest absolute Gasteiger partial charge is 0.305 e. The number of ether oxygens (including phenoxy) is 7. The van der Waals surface area contributed by atoms with Crippen molar-refractivity contribution in [3.8, 4) is 0 Å². The molecule has 0 unspecified atom stereocenters. The van der Waals surface area contributed by atoms with Gasteiger partial charge in [-0.05, 0) is 33.1 Å². The van der Waals surface area contributed by atoms with Gasteiger partial charge in [0.1, 0.15) is 61.0 Å². The molecule has 0 radical (unpaired) electrons. The lowest BCUT2D eigenvalue weighted by molar-refractivity contribution is -0.393. The van der Waals surface area contributed by atoms with E-state index in [1.165, 1.54) is 14.0 Å². The van der Waals surface area contributed by atoms with Gasteiger partial charge in [0.2, 0.25) is 0 Å². The fourth-order valence-electron chi connectivity index (χ4n) is 6.42. The Kier molecular flexibility index (Phi) is 18.0. The molecule has 0 aromatic carbocycles. The molecule has 3 aliphatic heterocycles. The predicted molar refractivity (Wildman–Crippen MR) is 170 cm³/mol. The number of carbonyl (C=O) groups is 1. The number of rotatable bonds is 19. The van der Waals surface area contributed by atoms with E-state index in [9.17, 15) is 45.6 Å². The highest BCUT2D eigenvalue weighted by molar-refractivity contribution is 5.68. The molecule has 0 spiro atoms. The van der Waals surface area contributed by atoms with Gasteiger partial charge in [-0.3, -0.25) is 4.79 Å². The molecule has 288 valence electrons. The third-order valence-electron chi connectivity index (χ3n) is 9.57. The summed E-state index contributed by atoms with van der Waals surface area (Å²) in [4.78, 5) is 11.3. The molecule has 3 saturated heterocycles. The van der Waals surface area contributed by atoms with Crippen molar-refractivity contribution in [3.05, 3.63) is 0 Å². The van der Waals surface area contributed by atoms with Crippen molar-refractivity contribution in [1.29, 1.82) is 0 Å². The Bertz CT molecular complexity index is 944. The van der Waals surface area contributed by atoms with Gasteiger partial charge in [-0.2, -0.15) is 0 Å². The molecule has 16 atom stereocenters. The number of carbonyl (C=O) groups excluding carboxylic acids is 1. The molecule has 49 heavy (non-hydrogen) atoms. The Labute approximate surface area is 288 Å². The molecule has 0 aromatic rings. The Morgan fingerprint density at radius 1 is 0.633 bits per heavy atom. The van der Waals surface area contributed by atoms with Gasteiger partial charge in [-0.25, -0.2) is 0 Å². The summed E-state index contributed by atoms with van der Waals surface area (Å²) in [6.07, 6.45) is -12.7. The highest BCUT2D eigenvalue weighted by Gasteiger charge is 2.53.